The molecule has 0 atom stereocenters. The lowest BCUT2D eigenvalue weighted by Gasteiger charge is -2.32. The summed E-state index contributed by atoms with van der Waals surface area (Å²) in [5.74, 6) is 1.79. The number of aromatic nitrogens is 2. The number of amides is 1. The predicted molar refractivity (Wildman–Crippen MR) is 119 cm³/mol. The topological polar surface area (TPSA) is 49.3 Å². The molecule has 30 heavy (non-hydrogen) atoms. The van der Waals surface area contributed by atoms with Gasteiger partial charge in [0.1, 0.15) is 5.82 Å². The Labute approximate surface area is 181 Å². The number of carbonyl (C=O) groups is 1. The van der Waals surface area contributed by atoms with Crippen molar-refractivity contribution in [3.05, 3.63) is 76.4 Å². The number of nitrogens with zero attached hydrogens (tertiary/aromatic N) is 4. The molecular weight excluding hydrogens is 396 g/mol. The average molecular weight is 419 g/mol. The van der Waals surface area contributed by atoms with Gasteiger partial charge in [0.25, 0.3) is 5.91 Å². The van der Waals surface area contributed by atoms with E-state index in [4.69, 9.17) is 21.6 Å². The van der Waals surface area contributed by atoms with Crippen molar-refractivity contribution < 1.29 is 4.79 Å². The van der Waals surface area contributed by atoms with Crippen LogP contribution < -0.4 is 4.90 Å². The molecular formula is C24H23ClN4O. The van der Waals surface area contributed by atoms with Gasteiger partial charge in [0.15, 0.2) is 5.82 Å². The van der Waals surface area contributed by atoms with E-state index >= 15 is 0 Å². The molecule has 3 heterocycles. The van der Waals surface area contributed by atoms with Crippen LogP contribution in [0, 0.1) is 0 Å². The van der Waals surface area contributed by atoms with Crippen molar-refractivity contribution >= 4 is 23.3 Å². The molecule has 0 aliphatic carbocycles. The Kier molecular flexibility index (Phi) is 5.13. The van der Waals surface area contributed by atoms with E-state index < -0.39 is 0 Å². The second-order valence-electron chi connectivity index (χ2n) is 7.84. The Morgan fingerprint density at radius 1 is 0.900 bits per heavy atom. The van der Waals surface area contributed by atoms with Crippen molar-refractivity contribution in [2.24, 2.45) is 0 Å². The van der Waals surface area contributed by atoms with E-state index in [-0.39, 0.29) is 5.91 Å². The van der Waals surface area contributed by atoms with Gasteiger partial charge in [-0.15, -0.1) is 0 Å². The van der Waals surface area contributed by atoms with Crippen molar-refractivity contribution in [2.75, 3.05) is 24.5 Å². The molecule has 3 aromatic rings. The van der Waals surface area contributed by atoms with Crippen molar-refractivity contribution in [1.29, 1.82) is 0 Å². The fourth-order valence-electron chi connectivity index (χ4n) is 4.25. The normalized spacial score (nSPS) is 15.9. The summed E-state index contributed by atoms with van der Waals surface area (Å²) in [6.07, 6.45) is 3.08. The lowest BCUT2D eigenvalue weighted by Crippen LogP contribution is -2.38. The van der Waals surface area contributed by atoms with E-state index in [1.54, 1.807) is 24.3 Å². The largest absolute Gasteiger partial charge is 0.356 e. The zero-order chi connectivity index (χ0) is 20.5. The number of hydrogen-bond acceptors (Lipinski definition) is 4. The molecule has 152 valence electrons. The highest BCUT2D eigenvalue weighted by atomic mass is 35.5. The van der Waals surface area contributed by atoms with Crippen molar-refractivity contribution in [1.82, 2.24) is 14.9 Å². The second-order valence-corrected chi connectivity index (χ2v) is 8.28. The highest BCUT2D eigenvalue weighted by molar-refractivity contribution is 6.30. The van der Waals surface area contributed by atoms with E-state index in [2.05, 4.69) is 17.0 Å². The molecule has 0 radical (unpaired) electrons. The van der Waals surface area contributed by atoms with Crippen LogP contribution in [0.4, 0.5) is 5.82 Å². The number of hydrogen-bond donors (Lipinski definition) is 0. The molecule has 2 aliphatic heterocycles. The van der Waals surface area contributed by atoms with Crippen molar-refractivity contribution in [2.45, 2.75) is 25.8 Å². The van der Waals surface area contributed by atoms with Crippen molar-refractivity contribution in [3.8, 4) is 11.4 Å². The van der Waals surface area contributed by atoms with Gasteiger partial charge in [0.05, 0.1) is 12.2 Å². The van der Waals surface area contributed by atoms with Gasteiger partial charge in [-0.05, 0) is 37.1 Å². The SMILES string of the molecule is O=C(c1ccc(Cl)cc1)N1CCc2nc(-c3ccccc3)nc(N3CCCC3)c2C1. The predicted octanol–water partition coefficient (Wildman–Crippen LogP) is 4.60. The maximum absolute atomic E-state index is 13.1. The molecule has 0 unspecified atom stereocenters. The van der Waals surface area contributed by atoms with Gasteiger partial charge >= 0.3 is 0 Å². The third-order valence-corrected chi connectivity index (χ3v) is 6.11. The Hall–Kier alpha value is -2.92. The molecule has 2 aliphatic rings. The molecule has 1 saturated heterocycles. The number of fused-ring (bicyclic) bond motifs is 1. The van der Waals surface area contributed by atoms with Crippen LogP contribution >= 0.6 is 11.6 Å². The Morgan fingerprint density at radius 2 is 1.63 bits per heavy atom. The number of carbonyl (C=O) groups excluding carboxylic acids is 1. The van der Waals surface area contributed by atoms with Gasteiger partial charge in [-0.3, -0.25) is 4.79 Å². The van der Waals surface area contributed by atoms with Crippen LogP contribution in [0.5, 0.6) is 0 Å². The van der Waals surface area contributed by atoms with Crippen LogP contribution in [0.25, 0.3) is 11.4 Å². The lowest BCUT2D eigenvalue weighted by atomic mass is 10.0. The second kappa shape index (κ2) is 8.07. The molecule has 0 saturated carbocycles. The van der Waals surface area contributed by atoms with Gasteiger partial charge in [0.2, 0.25) is 0 Å². The maximum atomic E-state index is 13.1. The number of halogens is 1. The molecule has 0 spiro atoms. The number of rotatable bonds is 3. The Balaban J connectivity index is 1.51. The fourth-order valence-corrected chi connectivity index (χ4v) is 4.38. The Bertz CT molecular complexity index is 1060. The first-order valence-electron chi connectivity index (χ1n) is 10.4. The van der Waals surface area contributed by atoms with E-state index in [0.29, 0.717) is 23.7 Å². The van der Waals surface area contributed by atoms with Crippen LogP contribution in [0.1, 0.15) is 34.5 Å². The molecule has 0 N–H and O–H groups in total. The quantitative estimate of drug-likeness (QED) is 0.624. The first-order chi connectivity index (χ1) is 14.7. The van der Waals surface area contributed by atoms with Crippen LogP contribution in [-0.4, -0.2) is 40.4 Å². The van der Waals surface area contributed by atoms with Crippen LogP contribution in [0.15, 0.2) is 54.6 Å². The molecule has 0 bridgehead atoms. The smallest absolute Gasteiger partial charge is 0.254 e. The summed E-state index contributed by atoms with van der Waals surface area (Å²) >= 11 is 5.98. The summed E-state index contributed by atoms with van der Waals surface area (Å²) in [5, 5.41) is 0.633. The number of anilines is 1. The van der Waals surface area contributed by atoms with Crippen LogP contribution in [-0.2, 0) is 13.0 Å². The highest BCUT2D eigenvalue weighted by Gasteiger charge is 2.29. The summed E-state index contributed by atoms with van der Waals surface area (Å²) in [5.41, 5.74) is 3.84. The summed E-state index contributed by atoms with van der Waals surface area (Å²) in [6, 6.07) is 17.2. The minimum atomic E-state index is 0.0248. The van der Waals surface area contributed by atoms with Crippen LogP contribution in [0.2, 0.25) is 5.02 Å². The van der Waals surface area contributed by atoms with E-state index in [9.17, 15) is 4.79 Å². The third kappa shape index (κ3) is 3.65. The van der Waals surface area contributed by atoms with E-state index in [1.807, 2.05) is 23.1 Å². The molecule has 2 aromatic carbocycles. The van der Waals surface area contributed by atoms with Crippen LogP contribution in [0.3, 0.4) is 0 Å². The lowest BCUT2D eigenvalue weighted by molar-refractivity contribution is 0.0733. The molecule has 1 amide bonds. The minimum Gasteiger partial charge on any atom is -0.356 e. The van der Waals surface area contributed by atoms with E-state index in [0.717, 1.165) is 48.0 Å². The maximum Gasteiger partial charge on any atom is 0.254 e. The molecule has 5 nitrogen and oxygen atoms in total. The fraction of sp³-hybridized carbons (Fsp3) is 0.292. The minimum absolute atomic E-state index is 0.0248. The van der Waals surface area contributed by atoms with Gasteiger partial charge in [0, 0.05) is 47.8 Å². The van der Waals surface area contributed by atoms with Gasteiger partial charge in [-0.1, -0.05) is 41.9 Å². The summed E-state index contributed by atoms with van der Waals surface area (Å²) in [7, 11) is 0. The molecule has 1 fully saturated rings. The Morgan fingerprint density at radius 3 is 2.37 bits per heavy atom. The molecule has 6 heteroatoms. The zero-order valence-corrected chi connectivity index (χ0v) is 17.5. The van der Waals surface area contributed by atoms with Crippen molar-refractivity contribution in [3.63, 3.8) is 0 Å². The standard InChI is InChI=1S/C24H23ClN4O/c25-19-10-8-18(9-11-19)24(30)29-15-12-21-20(16-29)23(28-13-4-5-14-28)27-22(26-21)17-6-2-1-3-7-17/h1-3,6-11H,4-5,12-16H2. The summed E-state index contributed by atoms with van der Waals surface area (Å²) in [6.45, 7) is 3.20. The zero-order valence-electron chi connectivity index (χ0n) is 16.7. The summed E-state index contributed by atoms with van der Waals surface area (Å²) in [4.78, 5) is 27.2. The van der Waals surface area contributed by atoms with Gasteiger partial charge < -0.3 is 9.80 Å². The average Bonchev–Trinajstić information content (AvgIpc) is 3.33. The monoisotopic (exact) mass is 418 g/mol. The van der Waals surface area contributed by atoms with Gasteiger partial charge in [-0.25, -0.2) is 9.97 Å². The first kappa shape index (κ1) is 19.1. The summed E-state index contributed by atoms with van der Waals surface area (Å²) < 4.78 is 0. The molecule has 1 aromatic heterocycles. The first-order valence-corrected chi connectivity index (χ1v) is 10.8. The van der Waals surface area contributed by atoms with Gasteiger partial charge in [-0.2, -0.15) is 0 Å². The highest BCUT2D eigenvalue weighted by Crippen LogP contribution is 2.32. The molecule has 5 rings (SSSR count). The number of benzene rings is 2. The third-order valence-electron chi connectivity index (χ3n) is 5.85. The van der Waals surface area contributed by atoms with E-state index in [1.165, 1.54) is 12.8 Å².